The summed E-state index contributed by atoms with van der Waals surface area (Å²) in [6.45, 7) is 10.6. The van der Waals surface area contributed by atoms with Crippen LogP contribution >= 0.6 is 0 Å². The van der Waals surface area contributed by atoms with Crippen molar-refractivity contribution in [1.29, 1.82) is 0 Å². The molecule has 0 aromatic heterocycles. The van der Waals surface area contributed by atoms with Crippen LogP contribution in [-0.4, -0.2) is 55.0 Å². The fourth-order valence-electron chi connectivity index (χ4n) is 0.184. The van der Waals surface area contributed by atoms with E-state index in [0.29, 0.717) is 0 Å². The topological polar surface area (TPSA) is 83.8 Å². The SMILES string of the molecule is C/C=C/C=O.C/C=C/CO.C=CC=C.[CH3][Al][O]O.[O]=[Al]. The second-order valence-corrected chi connectivity index (χ2v) is 2.91. The number of allylic oxidation sites excluding steroid dienone is 5. The molecule has 0 atom stereocenters. The average Bonchev–Trinajstić information content (AvgIpc) is 2.52. The van der Waals surface area contributed by atoms with Crippen molar-refractivity contribution in [3.8, 4) is 0 Å². The van der Waals surface area contributed by atoms with Crippen LogP contribution in [0.3, 0.4) is 0 Å². The van der Waals surface area contributed by atoms with E-state index in [4.69, 9.17) is 14.2 Å². The zero-order chi connectivity index (χ0) is 17.1. The Morgan fingerprint density at radius 1 is 1.20 bits per heavy atom. The number of hydrogen-bond donors (Lipinski definition) is 2. The fourth-order valence-corrected chi connectivity index (χ4v) is 0.184. The predicted octanol–water partition coefficient (Wildman–Crippen LogP) is 2.32. The van der Waals surface area contributed by atoms with E-state index in [1.54, 1.807) is 43.1 Å². The number of rotatable bonds is 4. The first kappa shape index (κ1) is 31.7. The Bertz CT molecular complexity index is 211. The number of hydrogen-bond acceptors (Lipinski definition) is 5. The third-order valence-corrected chi connectivity index (χ3v) is 1.10. The van der Waals surface area contributed by atoms with Gasteiger partial charge in [-0.05, 0) is 19.9 Å². The number of aliphatic hydroxyl groups is 1. The molecule has 0 aliphatic rings. The van der Waals surface area contributed by atoms with Crippen LogP contribution in [0.25, 0.3) is 0 Å². The van der Waals surface area contributed by atoms with Crippen molar-refractivity contribution < 1.29 is 22.9 Å². The van der Waals surface area contributed by atoms with E-state index in [1.807, 2.05) is 6.92 Å². The van der Waals surface area contributed by atoms with Gasteiger partial charge in [0.2, 0.25) is 0 Å². The van der Waals surface area contributed by atoms with Crippen molar-refractivity contribution in [2.24, 2.45) is 0 Å². The minimum absolute atomic E-state index is 0.162. The molecule has 0 aromatic carbocycles. The third-order valence-electron chi connectivity index (χ3n) is 0.884. The van der Waals surface area contributed by atoms with E-state index in [-0.39, 0.29) is 22.2 Å². The molecule has 0 rings (SSSR count). The van der Waals surface area contributed by atoms with Crippen molar-refractivity contribution in [2.75, 3.05) is 6.61 Å². The summed E-state index contributed by atoms with van der Waals surface area (Å²) in [4.78, 5) is 9.32. The molecule has 0 aromatic rings. The van der Waals surface area contributed by atoms with E-state index < -0.39 is 0 Å². The molecule has 2 radical (unpaired) electrons. The van der Waals surface area contributed by atoms with Gasteiger partial charge in [0.05, 0.1) is 6.61 Å². The van der Waals surface area contributed by atoms with Crippen LogP contribution in [0.4, 0.5) is 0 Å². The van der Waals surface area contributed by atoms with Crippen molar-refractivity contribution in [2.45, 2.75) is 19.6 Å². The molecule has 0 saturated carbocycles. The van der Waals surface area contributed by atoms with Crippen LogP contribution in [0.5, 0.6) is 0 Å². The summed E-state index contributed by atoms with van der Waals surface area (Å²) in [5, 5.41) is 15.4. The summed E-state index contributed by atoms with van der Waals surface area (Å²) in [6, 6.07) is 0. The average molecular weight is 314 g/mol. The molecule has 0 heterocycles. The van der Waals surface area contributed by atoms with Crippen LogP contribution in [-0.2, 0) is 12.5 Å². The summed E-state index contributed by atoms with van der Waals surface area (Å²) in [6.07, 6.45) is 10.6. The van der Waals surface area contributed by atoms with Crippen LogP contribution in [0, 0.1) is 0 Å². The third kappa shape index (κ3) is 161. The van der Waals surface area contributed by atoms with Gasteiger partial charge in [-0.1, -0.05) is 49.3 Å². The van der Waals surface area contributed by atoms with Gasteiger partial charge >= 0.3 is 35.6 Å². The summed E-state index contributed by atoms with van der Waals surface area (Å²) in [7, 11) is 0. The van der Waals surface area contributed by atoms with Gasteiger partial charge in [-0.3, -0.25) is 10.1 Å². The Labute approximate surface area is 137 Å². The molecule has 0 aliphatic heterocycles. The number of carbonyl (C=O) groups excluding carboxylic acids is 1. The van der Waals surface area contributed by atoms with Gasteiger partial charge < -0.3 is 9.05 Å². The fraction of sp³-hybridized carbons (Fsp3) is 0.308. The molecule has 20 heavy (non-hydrogen) atoms. The minimum atomic E-state index is -0.162. The molecular formula is C13H24Al2O5. The first-order valence-corrected chi connectivity index (χ1v) is 7.59. The van der Waals surface area contributed by atoms with Gasteiger partial charge in [-0.2, -0.15) is 0 Å². The molecule has 5 nitrogen and oxygen atoms in total. The molecule has 112 valence electrons. The second kappa shape index (κ2) is 63.1. The Hall–Kier alpha value is -0.625. The Balaban J connectivity index is -0.0000000482. The van der Waals surface area contributed by atoms with E-state index in [1.165, 1.54) is 22.3 Å². The van der Waals surface area contributed by atoms with E-state index in [2.05, 4.69) is 17.1 Å². The molecule has 0 bridgehead atoms. The van der Waals surface area contributed by atoms with Crippen molar-refractivity contribution in [1.82, 2.24) is 0 Å². The molecule has 0 fully saturated rings. The van der Waals surface area contributed by atoms with Gasteiger partial charge in [0, 0.05) is 0 Å². The second-order valence-electron chi connectivity index (χ2n) is 2.23. The zero-order valence-electron chi connectivity index (χ0n) is 12.4. The van der Waals surface area contributed by atoms with Gasteiger partial charge in [0.15, 0.2) is 0 Å². The molecule has 0 unspecified atom stereocenters. The molecule has 0 aliphatic carbocycles. The summed E-state index contributed by atoms with van der Waals surface area (Å²) < 4.78 is 11.8. The van der Waals surface area contributed by atoms with E-state index in [0.717, 1.165) is 6.29 Å². The summed E-state index contributed by atoms with van der Waals surface area (Å²) >= 11 is 1.00. The van der Waals surface area contributed by atoms with E-state index in [9.17, 15) is 4.79 Å². The Morgan fingerprint density at radius 3 is 1.60 bits per heavy atom. The van der Waals surface area contributed by atoms with Crippen molar-refractivity contribution in [3.63, 3.8) is 0 Å². The summed E-state index contributed by atoms with van der Waals surface area (Å²) in [5.41, 5.74) is 0. The maximum absolute atomic E-state index is 9.32. The Kier molecular flexibility index (Phi) is 99.9. The van der Waals surface area contributed by atoms with Crippen molar-refractivity contribution in [3.05, 3.63) is 49.6 Å². The number of aliphatic hydroxyl groups excluding tert-OH is 1. The van der Waals surface area contributed by atoms with Crippen LogP contribution < -0.4 is 0 Å². The first-order chi connectivity index (χ1) is 9.66. The zero-order valence-corrected chi connectivity index (χ0v) is 14.7. The quantitative estimate of drug-likeness (QED) is 0.158. The molecule has 7 heteroatoms. The van der Waals surface area contributed by atoms with E-state index >= 15 is 0 Å². The van der Waals surface area contributed by atoms with Gasteiger partial charge in [-0.15, -0.1) is 0 Å². The predicted molar refractivity (Wildman–Crippen MR) is 84.9 cm³/mol. The molecule has 0 spiro atoms. The van der Waals surface area contributed by atoms with Crippen LogP contribution in [0.2, 0.25) is 5.79 Å². The molecule has 0 amide bonds. The monoisotopic (exact) mass is 314 g/mol. The molecule has 0 saturated heterocycles. The van der Waals surface area contributed by atoms with Gasteiger partial charge in [0.25, 0.3) is 0 Å². The number of aldehydes is 1. The van der Waals surface area contributed by atoms with Crippen LogP contribution in [0.15, 0.2) is 49.6 Å². The van der Waals surface area contributed by atoms with Crippen molar-refractivity contribution >= 4 is 38.1 Å². The summed E-state index contributed by atoms with van der Waals surface area (Å²) in [5.74, 6) is 1.79. The van der Waals surface area contributed by atoms with Gasteiger partial charge in [0.1, 0.15) is 6.29 Å². The standard InChI is InChI=1S/C4H8O.C4H6O.C4H6.CH3.2Al.H2O2.O/c2*1-2-3-4-5;1-3-4-2;;;;1-2;/h2-3,5H,4H2,1H3;2-4H,1H3;3-4H,1-2H2;1H3;;;1-2H;/q;;;;;+1;;/p-1/b2*3-2+;;;;;;. The van der Waals surface area contributed by atoms with Crippen LogP contribution in [0.1, 0.15) is 13.8 Å². The molecule has 2 N–H and O–H groups in total. The normalized spacial score (nSPS) is 7.20. The molecular weight excluding hydrogens is 290 g/mol. The Morgan fingerprint density at radius 2 is 1.60 bits per heavy atom. The maximum atomic E-state index is 9.32. The van der Waals surface area contributed by atoms with Gasteiger partial charge in [-0.25, -0.2) is 0 Å². The number of carbonyl (C=O) groups is 1. The first-order valence-electron chi connectivity index (χ1n) is 5.50.